The lowest BCUT2D eigenvalue weighted by Gasteiger charge is -2.32. The van der Waals surface area contributed by atoms with Gasteiger partial charge in [-0.1, -0.05) is 17.7 Å². The number of carbonyl (C=O) groups is 2. The molecular formula is C22H23ClN2O4. The molecule has 2 aromatic carbocycles. The number of anilines is 1. The summed E-state index contributed by atoms with van der Waals surface area (Å²) in [6, 6.07) is 8.75. The standard InChI is InChI=1S/C22H23ClN2O4/c1-13-4-5-16(10-17(13)23)25-21(26)11-18(22(25)27)24-7-6-14-8-19(28-2)20(29-3)9-15(14)12-24/h4-5,8-10,18H,6-7,11-12H2,1-3H3/t18-/m0/s1. The van der Waals surface area contributed by atoms with Gasteiger partial charge in [-0.05, 0) is 54.3 Å². The van der Waals surface area contributed by atoms with Crippen LogP contribution in [0.3, 0.4) is 0 Å². The Morgan fingerprint density at radius 2 is 1.72 bits per heavy atom. The Kier molecular flexibility index (Phi) is 5.23. The number of imide groups is 1. The van der Waals surface area contributed by atoms with Crippen molar-refractivity contribution in [2.24, 2.45) is 0 Å². The van der Waals surface area contributed by atoms with Crippen LogP contribution in [0.15, 0.2) is 30.3 Å². The number of amides is 2. The molecule has 29 heavy (non-hydrogen) atoms. The largest absolute Gasteiger partial charge is 0.493 e. The minimum Gasteiger partial charge on any atom is -0.493 e. The molecule has 4 rings (SSSR count). The number of ether oxygens (including phenoxy) is 2. The summed E-state index contributed by atoms with van der Waals surface area (Å²) in [5.41, 5.74) is 3.70. The Balaban J connectivity index is 1.58. The lowest BCUT2D eigenvalue weighted by molar-refractivity contribution is -0.123. The smallest absolute Gasteiger partial charge is 0.251 e. The van der Waals surface area contributed by atoms with E-state index in [4.69, 9.17) is 21.1 Å². The second-order valence-corrected chi connectivity index (χ2v) is 7.82. The van der Waals surface area contributed by atoms with Crippen LogP contribution in [-0.2, 0) is 22.6 Å². The van der Waals surface area contributed by atoms with Gasteiger partial charge in [0.2, 0.25) is 5.91 Å². The van der Waals surface area contributed by atoms with Gasteiger partial charge < -0.3 is 9.47 Å². The van der Waals surface area contributed by atoms with Gasteiger partial charge in [-0.2, -0.15) is 0 Å². The van der Waals surface area contributed by atoms with Crippen LogP contribution in [0.4, 0.5) is 5.69 Å². The molecule has 0 unspecified atom stereocenters. The Hall–Kier alpha value is -2.57. The normalized spacial score (nSPS) is 19.4. The molecule has 0 saturated carbocycles. The van der Waals surface area contributed by atoms with E-state index in [-0.39, 0.29) is 18.2 Å². The number of hydrogen-bond acceptors (Lipinski definition) is 5. The molecule has 1 atom stereocenters. The summed E-state index contributed by atoms with van der Waals surface area (Å²) < 4.78 is 10.8. The molecule has 2 aliphatic rings. The zero-order valence-electron chi connectivity index (χ0n) is 16.7. The molecule has 6 nitrogen and oxygen atoms in total. The molecule has 0 spiro atoms. The van der Waals surface area contributed by atoms with Crippen LogP contribution in [0.2, 0.25) is 5.02 Å². The fourth-order valence-electron chi connectivity index (χ4n) is 4.06. The summed E-state index contributed by atoms with van der Waals surface area (Å²) in [4.78, 5) is 29.1. The van der Waals surface area contributed by atoms with E-state index >= 15 is 0 Å². The molecule has 1 fully saturated rings. The highest BCUT2D eigenvalue weighted by molar-refractivity contribution is 6.32. The molecule has 7 heteroatoms. The number of methoxy groups -OCH3 is 2. The van der Waals surface area contributed by atoms with Crippen molar-refractivity contribution in [3.05, 3.63) is 52.0 Å². The number of fused-ring (bicyclic) bond motifs is 1. The summed E-state index contributed by atoms with van der Waals surface area (Å²) in [5.74, 6) is 0.976. The third kappa shape index (κ3) is 3.47. The predicted molar refractivity (Wildman–Crippen MR) is 111 cm³/mol. The SMILES string of the molecule is COc1cc2c(cc1OC)CN([C@H]1CC(=O)N(c3ccc(C)c(Cl)c3)C1=O)CC2. The number of benzene rings is 2. The molecule has 2 aliphatic heterocycles. The summed E-state index contributed by atoms with van der Waals surface area (Å²) in [5, 5.41) is 0.541. The highest BCUT2D eigenvalue weighted by Gasteiger charge is 2.43. The minimum atomic E-state index is -0.469. The van der Waals surface area contributed by atoms with E-state index in [9.17, 15) is 9.59 Å². The van der Waals surface area contributed by atoms with E-state index in [1.807, 2.05) is 25.1 Å². The van der Waals surface area contributed by atoms with Crippen LogP contribution < -0.4 is 14.4 Å². The second kappa shape index (κ2) is 7.69. The molecule has 2 amide bonds. The van der Waals surface area contributed by atoms with Crippen molar-refractivity contribution < 1.29 is 19.1 Å². The van der Waals surface area contributed by atoms with E-state index in [0.717, 1.165) is 17.5 Å². The molecule has 152 valence electrons. The highest BCUT2D eigenvalue weighted by atomic mass is 35.5. The zero-order chi connectivity index (χ0) is 20.7. The molecular weight excluding hydrogens is 392 g/mol. The van der Waals surface area contributed by atoms with Gasteiger partial charge in [-0.3, -0.25) is 14.5 Å². The van der Waals surface area contributed by atoms with Gasteiger partial charge >= 0.3 is 0 Å². The number of halogens is 1. The number of carbonyl (C=O) groups excluding carboxylic acids is 2. The van der Waals surface area contributed by atoms with Crippen molar-refractivity contribution in [2.75, 3.05) is 25.7 Å². The summed E-state index contributed by atoms with van der Waals surface area (Å²) in [7, 11) is 3.22. The first-order chi connectivity index (χ1) is 13.9. The number of hydrogen-bond donors (Lipinski definition) is 0. The van der Waals surface area contributed by atoms with Crippen molar-refractivity contribution in [3.8, 4) is 11.5 Å². The zero-order valence-corrected chi connectivity index (χ0v) is 17.5. The molecule has 0 radical (unpaired) electrons. The fraction of sp³-hybridized carbons (Fsp3) is 0.364. The average molecular weight is 415 g/mol. The summed E-state index contributed by atoms with van der Waals surface area (Å²) in [6.07, 6.45) is 0.955. The highest BCUT2D eigenvalue weighted by Crippen LogP contribution is 2.35. The topological polar surface area (TPSA) is 59.1 Å². The molecule has 0 aromatic heterocycles. The van der Waals surface area contributed by atoms with Crippen molar-refractivity contribution in [2.45, 2.75) is 32.4 Å². The van der Waals surface area contributed by atoms with Gasteiger partial charge in [0.25, 0.3) is 5.91 Å². The van der Waals surface area contributed by atoms with Crippen LogP contribution in [0.5, 0.6) is 11.5 Å². The fourth-order valence-corrected chi connectivity index (χ4v) is 4.24. The monoisotopic (exact) mass is 414 g/mol. The van der Waals surface area contributed by atoms with Gasteiger partial charge in [-0.25, -0.2) is 4.90 Å². The maximum absolute atomic E-state index is 13.1. The maximum atomic E-state index is 13.1. The van der Waals surface area contributed by atoms with E-state index in [1.54, 1.807) is 26.4 Å². The lowest BCUT2D eigenvalue weighted by atomic mass is 9.97. The van der Waals surface area contributed by atoms with Crippen molar-refractivity contribution in [1.29, 1.82) is 0 Å². The van der Waals surface area contributed by atoms with Crippen LogP contribution in [-0.4, -0.2) is 43.5 Å². The first-order valence-corrected chi connectivity index (χ1v) is 9.91. The van der Waals surface area contributed by atoms with Gasteiger partial charge in [0.15, 0.2) is 11.5 Å². The van der Waals surface area contributed by atoms with Gasteiger partial charge in [0.1, 0.15) is 0 Å². The maximum Gasteiger partial charge on any atom is 0.251 e. The number of aryl methyl sites for hydroxylation is 1. The molecule has 2 heterocycles. The Morgan fingerprint density at radius 1 is 1.03 bits per heavy atom. The minimum absolute atomic E-state index is 0.174. The third-order valence-electron chi connectivity index (χ3n) is 5.72. The van der Waals surface area contributed by atoms with Crippen LogP contribution in [0, 0.1) is 6.92 Å². The van der Waals surface area contributed by atoms with Gasteiger partial charge in [0.05, 0.1) is 32.4 Å². The predicted octanol–water partition coefficient (Wildman–Crippen LogP) is 3.36. The molecule has 0 aliphatic carbocycles. The first kappa shape index (κ1) is 19.7. The average Bonchev–Trinajstić information content (AvgIpc) is 3.02. The van der Waals surface area contributed by atoms with Crippen molar-refractivity contribution in [3.63, 3.8) is 0 Å². The quantitative estimate of drug-likeness (QED) is 0.718. The van der Waals surface area contributed by atoms with E-state index < -0.39 is 6.04 Å². The Labute approximate surface area is 174 Å². The molecule has 2 aromatic rings. The van der Waals surface area contributed by atoms with Crippen LogP contribution >= 0.6 is 11.6 Å². The van der Waals surface area contributed by atoms with Crippen LogP contribution in [0.25, 0.3) is 0 Å². The second-order valence-electron chi connectivity index (χ2n) is 7.42. The van der Waals surface area contributed by atoms with Crippen molar-refractivity contribution in [1.82, 2.24) is 4.90 Å². The molecule has 1 saturated heterocycles. The molecule has 0 N–H and O–H groups in total. The van der Waals surface area contributed by atoms with Gasteiger partial charge in [0, 0.05) is 18.1 Å². The van der Waals surface area contributed by atoms with E-state index in [2.05, 4.69) is 4.90 Å². The van der Waals surface area contributed by atoms with E-state index in [1.165, 1.54) is 10.5 Å². The van der Waals surface area contributed by atoms with Crippen LogP contribution in [0.1, 0.15) is 23.1 Å². The van der Waals surface area contributed by atoms with Crippen molar-refractivity contribution >= 4 is 29.1 Å². The Bertz CT molecular complexity index is 991. The third-order valence-corrected chi connectivity index (χ3v) is 6.13. The number of nitrogens with zero attached hydrogens (tertiary/aromatic N) is 2. The first-order valence-electron chi connectivity index (χ1n) is 9.53. The lowest BCUT2D eigenvalue weighted by Crippen LogP contribution is -2.44. The molecule has 0 bridgehead atoms. The summed E-state index contributed by atoms with van der Waals surface area (Å²) >= 11 is 6.20. The summed E-state index contributed by atoms with van der Waals surface area (Å²) in [6.45, 7) is 3.17. The van der Waals surface area contributed by atoms with Gasteiger partial charge in [-0.15, -0.1) is 0 Å². The Morgan fingerprint density at radius 3 is 2.38 bits per heavy atom. The van der Waals surface area contributed by atoms with E-state index in [0.29, 0.717) is 35.3 Å². The number of rotatable bonds is 4.